The standard InChI is InChI=1S/C22H14Cl2FN3S/c23-18-8-17(9-19(24)11-18)15-6-7-16(20(25)10-15)12-26-28-22-27-21(13-29-22)14-4-2-1-3-5-14/h1-13H,(H,27,28). The van der Waals surface area contributed by atoms with Crippen molar-refractivity contribution >= 4 is 45.9 Å². The Labute approximate surface area is 181 Å². The molecule has 144 valence electrons. The summed E-state index contributed by atoms with van der Waals surface area (Å²) in [6, 6.07) is 19.9. The van der Waals surface area contributed by atoms with Gasteiger partial charge in [-0.3, -0.25) is 5.43 Å². The van der Waals surface area contributed by atoms with Gasteiger partial charge in [-0.1, -0.05) is 59.6 Å². The van der Waals surface area contributed by atoms with E-state index in [1.165, 1.54) is 23.6 Å². The molecule has 1 N–H and O–H groups in total. The Morgan fingerprint density at radius 2 is 1.66 bits per heavy atom. The zero-order valence-electron chi connectivity index (χ0n) is 14.9. The van der Waals surface area contributed by atoms with Crippen LogP contribution in [0.2, 0.25) is 10.0 Å². The number of anilines is 1. The number of halogens is 3. The smallest absolute Gasteiger partial charge is 0.203 e. The average Bonchev–Trinajstić information content (AvgIpc) is 3.18. The van der Waals surface area contributed by atoms with E-state index in [0.717, 1.165) is 16.8 Å². The maximum Gasteiger partial charge on any atom is 0.203 e. The normalized spacial score (nSPS) is 11.1. The molecule has 0 bridgehead atoms. The summed E-state index contributed by atoms with van der Waals surface area (Å²) in [7, 11) is 0. The highest BCUT2D eigenvalue weighted by molar-refractivity contribution is 7.14. The van der Waals surface area contributed by atoms with Crippen LogP contribution in [-0.2, 0) is 0 Å². The molecule has 4 aromatic rings. The fourth-order valence-corrected chi connectivity index (χ4v) is 3.95. The number of aromatic nitrogens is 1. The number of benzene rings is 3. The Hall–Kier alpha value is -2.73. The van der Waals surface area contributed by atoms with E-state index in [-0.39, 0.29) is 0 Å². The first-order valence-corrected chi connectivity index (χ1v) is 10.3. The summed E-state index contributed by atoms with van der Waals surface area (Å²) in [5, 5.41) is 7.68. The molecule has 0 saturated heterocycles. The first kappa shape index (κ1) is 19.6. The summed E-state index contributed by atoms with van der Waals surface area (Å²) in [5.41, 5.74) is 6.53. The maximum atomic E-state index is 14.5. The molecule has 0 fully saturated rings. The van der Waals surface area contributed by atoms with Crippen LogP contribution in [0.3, 0.4) is 0 Å². The third kappa shape index (κ3) is 4.82. The molecule has 0 spiro atoms. The molecule has 0 radical (unpaired) electrons. The van der Waals surface area contributed by atoms with Gasteiger partial charge < -0.3 is 0 Å². The molecule has 1 heterocycles. The van der Waals surface area contributed by atoms with Crippen LogP contribution in [0.15, 0.2) is 77.2 Å². The summed E-state index contributed by atoms with van der Waals surface area (Å²) in [6.45, 7) is 0. The van der Waals surface area contributed by atoms with Gasteiger partial charge in [-0.15, -0.1) is 11.3 Å². The fraction of sp³-hybridized carbons (Fsp3) is 0. The Bertz CT molecular complexity index is 1160. The number of hydrogen-bond donors (Lipinski definition) is 1. The zero-order valence-corrected chi connectivity index (χ0v) is 17.3. The summed E-state index contributed by atoms with van der Waals surface area (Å²) in [4.78, 5) is 4.48. The number of hydrogen-bond acceptors (Lipinski definition) is 4. The predicted molar refractivity (Wildman–Crippen MR) is 121 cm³/mol. The van der Waals surface area contributed by atoms with Gasteiger partial charge in [-0.25, -0.2) is 9.37 Å². The quantitative estimate of drug-likeness (QED) is 0.259. The van der Waals surface area contributed by atoms with E-state index in [4.69, 9.17) is 23.2 Å². The topological polar surface area (TPSA) is 37.3 Å². The number of hydrazone groups is 1. The van der Waals surface area contributed by atoms with Crippen molar-refractivity contribution in [2.75, 3.05) is 5.43 Å². The monoisotopic (exact) mass is 441 g/mol. The first-order valence-electron chi connectivity index (χ1n) is 8.64. The number of nitrogens with zero attached hydrogens (tertiary/aromatic N) is 2. The molecule has 0 aliphatic rings. The minimum atomic E-state index is -0.395. The molecule has 0 amide bonds. The largest absolute Gasteiger partial charge is 0.253 e. The lowest BCUT2D eigenvalue weighted by Gasteiger charge is -2.05. The average molecular weight is 442 g/mol. The second-order valence-corrected chi connectivity index (χ2v) is 7.90. The number of nitrogens with one attached hydrogen (secondary N) is 1. The molecule has 7 heteroatoms. The molecule has 0 aliphatic heterocycles. The van der Waals surface area contributed by atoms with Crippen molar-refractivity contribution in [3.05, 3.63) is 93.5 Å². The lowest BCUT2D eigenvalue weighted by Crippen LogP contribution is -1.94. The van der Waals surface area contributed by atoms with Gasteiger partial charge in [0.05, 0.1) is 11.9 Å². The molecule has 0 atom stereocenters. The van der Waals surface area contributed by atoms with Crippen molar-refractivity contribution in [2.24, 2.45) is 5.10 Å². The Morgan fingerprint density at radius 1 is 0.897 bits per heavy atom. The van der Waals surface area contributed by atoms with Gasteiger partial charge in [0.2, 0.25) is 5.13 Å². The fourth-order valence-electron chi connectivity index (χ4n) is 2.76. The van der Waals surface area contributed by atoms with Crippen molar-refractivity contribution in [1.29, 1.82) is 0 Å². The van der Waals surface area contributed by atoms with Crippen LogP contribution in [0, 0.1) is 5.82 Å². The van der Waals surface area contributed by atoms with E-state index < -0.39 is 5.82 Å². The summed E-state index contributed by atoms with van der Waals surface area (Å²) in [6.07, 6.45) is 1.42. The SMILES string of the molecule is Fc1cc(-c2cc(Cl)cc(Cl)c2)ccc1C=NNc1nc(-c2ccccc2)cs1. The molecule has 1 aromatic heterocycles. The van der Waals surface area contributed by atoms with Crippen LogP contribution in [0.5, 0.6) is 0 Å². The van der Waals surface area contributed by atoms with E-state index in [1.54, 1.807) is 30.3 Å². The van der Waals surface area contributed by atoms with Gasteiger partial charge in [-0.05, 0) is 41.5 Å². The van der Waals surface area contributed by atoms with Gasteiger partial charge in [0.1, 0.15) is 5.82 Å². The third-order valence-electron chi connectivity index (χ3n) is 4.13. The molecule has 3 nitrogen and oxygen atoms in total. The Kier molecular flexibility index (Phi) is 5.90. The molecule has 3 aromatic carbocycles. The van der Waals surface area contributed by atoms with E-state index >= 15 is 0 Å². The van der Waals surface area contributed by atoms with Crippen LogP contribution in [0.25, 0.3) is 22.4 Å². The molecular weight excluding hydrogens is 428 g/mol. The summed E-state index contributed by atoms with van der Waals surface area (Å²) in [5.74, 6) is -0.395. The second kappa shape index (κ2) is 8.74. The lowest BCUT2D eigenvalue weighted by molar-refractivity contribution is 0.626. The van der Waals surface area contributed by atoms with Crippen LogP contribution in [-0.4, -0.2) is 11.2 Å². The van der Waals surface area contributed by atoms with Crippen molar-refractivity contribution < 1.29 is 4.39 Å². The Balaban J connectivity index is 1.47. The van der Waals surface area contributed by atoms with Gasteiger partial charge in [0.15, 0.2) is 0 Å². The van der Waals surface area contributed by atoms with Gasteiger partial charge in [0.25, 0.3) is 0 Å². The van der Waals surface area contributed by atoms with E-state index in [2.05, 4.69) is 15.5 Å². The minimum Gasteiger partial charge on any atom is -0.253 e. The first-order chi connectivity index (χ1) is 14.1. The van der Waals surface area contributed by atoms with Crippen molar-refractivity contribution in [2.45, 2.75) is 0 Å². The van der Waals surface area contributed by atoms with Crippen molar-refractivity contribution in [3.63, 3.8) is 0 Å². The van der Waals surface area contributed by atoms with E-state index in [1.807, 2.05) is 35.7 Å². The molecule has 0 saturated carbocycles. The zero-order chi connectivity index (χ0) is 20.2. The molecular formula is C22H14Cl2FN3S. The highest BCUT2D eigenvalue weighted by Gasteiger charge is 2.07. The molecule has 0 aliphatic carbocycles. The van der Waals surface area contributed by atoms with Crippen LogP contribution < -0.4 is 5.43 Å². The van der Waals surface area contributed by atoms with Gasteiger partial charge >= 0.3 is 0 Å². The highest BCUT2D eigenvalue weighted by Crippen LogP contribution is 2.28. The second-order valence-electron chi connectivity index (χ2n) is 6.17. The molecule has 29 heavy (non-hydrogen) atoms. The number of rotatable bonds is 5. The minimum absolute atomic E-state index is 0.356. The van der Waals surface area contributed by atoms with Gasteiger partial charge in [0, 0.05) is 26.6 Å². The van der Waals surface area contributed by atoms with Crippen LogP contribution in [0.4, 0.5) is 9.52 Å². The van der Waals surface area contributed by atoms with E-state index in [0.29, 0.717) is 26.3 Å². The predicted octanol–water partition coefficient (Wildman–Crippen LogP) is 7.37. The molecule has 4 rings (SSSR count). The van der Waals surface area contributed by atoms with Gasteiger partial charge in [-0.2, -0.15) is 5.10 Å². The summed E-state index contributed by atoms with van der Waals surface area (Å²) < 4.78 is 14.5. The number of thiazole rings is 1. The Morgan fingerprint density at radius 3 is 2.38 bits per heavy atom. The maximum absolute atomic E-state index is 14.5. The summed E-state index contributed by atoms with van der Waals surface area (Å²) >= 11 is 13.5. The van der Waals surface area contributed by atoms with Crippen molar-refractivity contribution in [3.8, 4) is 22.4 Å². The van der Waals surface area contributed by atoms with Crippen molar-refractivity contribution in [1.82, 2.24) is 4.98 Å². The third-order valence-corrected chi connectivity index (χ3v) is 5.32. The lowest BCUT2D eigenvalue weighted by atomic mass is 10.0. The van der Waals surface area contributed by atoms with E-state index in [9.17, 15) is 4.39 Å². The van der Waals surface area contributed by atoms with Crippen LogP contribution >= 0.6 is 34.5 Å². The highest BCUT2D eigenvalue weighted by atomic mass is 35.5. The van der Waals surface area contributed by atoms with Crippen LogP contribution in [0.1, 0.15) is 5.56 Å². The molecule has 0 unspecified atom stereocenters.